The molecule has 0 spiro atoms. The van der Waals surface area contributed by atoms with E-state index in [1.165, 1.54) is 6.08 Å². The Morgan fingerprint density at radius 2 is 1.84 bits per heavy atom. The SMILES string of the molecule is CC(=O)N1CCN(C(=O)C=Cc2ccc(I)o2)CC1. The second kappa shape index (κ2) is 6.23. The van der Waals surface area contributed by atoms with Crippen LogP contribution in [0.1, 0.15) is 12.7 Å². The van der Waals surface area contributed by atoms with Gasteiger partial charge in [0, 0.05) is 39.2 Å². The molecule has 102 valence electrons. The molecule has 2 heterocycles. The molecule has 5 nitrogen and oxygen atoms in total. The van der Waals surface area contributed by atoms with E-state index in [2.05, 4.69) is 22.6 Å². The molecule has 2 rings (SSSR count). The van der Waals surface area contributed by atoms with Crippen LogP contribution in [-0.4, -0.2) is 47.8 Å². The molecule has 1 aliphatic heterocycles. The van der Waals surface area contributed by atoms with Gasteiger partial charge in [0.2, 0.25) is 11.8 Å². The fraction of sp³-hybridized carbons (Fsp3) is 0.385. The third-order valence-electron chi connectivity index (χ3n) is 3.02. The van der Waals surface area contributed by atoms with Crippen LogP contribution in [0.25, 0.3) is 6.08 Å². The van der Waals surface area contributed by atoms with E-state index in [1.54, 1.807) is 22.8 Å². The largest absolute Gasteiger partial charge is 0.451 e. The van der Waals surface area contributed by atoms with Gasteiger partial charge in [-0.3, -0.25) is 9.59 Å². The van der Waals surface area contributed by atoms with Gasteiger partial charge in [0.1, 0.15) is 5.76 Å². The van der Waals surface area contributed by atoms with Gasteiger partial charge in [-0.05, 0) is 40.8 Å². The van der Waals surface area contributed by atoms with Gasteiger partial charge in [-0.1, -0.05) is 0 Å². The van der Waals surface area contributed by atoms with E-state index < -0.39 is 0 Å². The molecule has 1 aliphatic rings. The minimum Gasteiger partial charge on any atom is -0.451 e. The van der Waals surface area contributed by atoms with Gasteiger partial charge in [-0.25, -0.2) is 0 Å². The molecule has 0 bridgehead atoms. The van der Waals surface area contributed by atoms with Crippen molar-refractivity contribution in [3.8, 4) is 0 Å². The molecule has 19 heavy (non-hydrogen) atoms. The molecule has 6 heteroatoms. The average Bonchev–Trinajstić information content (AvgIpc) is 2.82. The maximum absolute atomic E-state index is 11.9. The summed E-state index contributed by atoms with van der Waals surface area (Å²) in [5.41, 5.74) is 0. The normalized spacial score (nSPS) is 16.1. The van der Waals surface area contributed by atoms with Crippen molar-refractivity contribution in [1.82, 2.24) is 9.80 Å². The number of halogens is 1. The Bertz CT molecular complexity index is 502. The molecule has 1 aromatic heterocycles. The molecule has 0 radical (unpaired) electrons. The highest BCUT2D eigenvalue weighted by Gasteiger charge is 2.20. The molecule has 0 atom stereocenters. The van der Waals surface area contributed by atoms with Gasteiger partial charge in [0.15, 0.2) is 3.77 Å². The number of carbonyl (C=O) groups is 2. The van der Waals surface area contributed by atoms with Crippen molar-refractivity contribution in [3.63, 3.8) is 0 Å². The molecular weight excluding hydrogens is 359 g/mol. The van der Waals surface area contributed by atoms with Crippen LogP contribution in [0, 0.1) is 3.77 Å². The second-order valence-electron chi connectivity index (χ2n) is 4.31. The first-order chi connectivity index (χ1) is 9.06. The zero-order chi connectivity index (χ0) is 13.8. The lowest BCUT2D eigenvalue weighted by atomic mass is 10.3. The number of hydrogen-bond acceptors (Lipinski definition) is 3. The number of nitrogens with zero attached hydrogens (tertiary/aromatic N) is 2. The Labute approximate surface area is 125 Å². The van der Waals surface area contributed by atoms with E-state index in [1.807, 2.05) is 12.1 Å². The van der Waals surface area contributed by atoms with Crippen molar-refractivity contribution in [2.24, 2.45) is 0 Å². The van der Waals surface area contributed by atoms with Crippen LogP contribution in [0.2, 0.25) is 0 Å². The third-order valence-corrected chi connectivity index (χ3v) is 3.60. The Morgan fingerprint density at radius 3 is 2.37 bits per heavy atom. The Hall–Kier alpha value is -1.31. The molecule has 0 aliphatic carbocycles. The summed E-state index contributed by atoms with van der Waals surface area (Å²) in [5.74, 6) is 0.683. The van der Waals surface area contributed by atoms with E-state index >= 15 is 0 Å². The predicted molar refractivity (Wildman–Crippen MR) is 79.3 cm³/mol. The van der Waals surface area contributed by atoms with E-state index in [4.69, 9.17) is 4.42 Å². The number of furan rings is 1. The summed E-state index contributed by atoms with van der Waals surface area (Å²) in [7, 11) is 0. The fourth-order valence-electron chi connectivity index (χ4n) is 1.92. The standard InChI is InChI=1S/C13H15IN2O3/c1-10(17)15-6-8-16(9-7-15)13(18)5-3-11-2-4-12(14)19-11/h2-5H,6-9H2,1H3. The summed E-state index contributed by atoms with van der Waals surface area (Å²) in [6, 6.07) is 3.66. The monoisotopic (exact) mass is 374 g/mol. The summed E-state index contributed by atoms with van der Waals surface area (Å²) >= 11 is 2.08. The molecule has 0 saturated carbocycles. The van der Waals surface area contributed by atoms with Crippen molar-refractivity contribution < 1.29 is 14.0 Å². The lowest BCUT2D eigenvalue weighted by molar-refractivity contribution is -0.135. The van der Waals surface area contributed by atoms with E-state index in [9.17, 15) is 9.59 Å². The molecule has 0 N–H and O–H groups in total. The Balaban J connectivity index is 1.88. The number of hydrogen-bond donors (Lipinski definition) is 0. The Morgan fingerprint density at radius 1 is 1.21 bits per heavy atom. The van der Waals surface area contributed by atoms with Gasteiger partial charge in [0.05, 0.1) is 0 Å². The fourth-order valence-corrected chi connectivity index (χ4v) is 2.35. The highest BCUT2D eigenvalue weighted by Crippen LogP contribution is 2.12. The summed E-state index contributed by atoms with van der Waals surface area (Å²) in [6.45, 7) is 3.92. The van der Waals surface area contributed by atoms with E-state index in [0.717, 1.165) is 3.77 Å². The third kappa shape index (κ3) is 3.82. The minimum absolute atomic E-state index is 0.0467. The first kappa shape index (κ1) is 14.1. The topological polar surface area (TPSA) is 53.8 Å². The zero-order valence-electron chi connectivity index (χ0n) is 10.6. The van der Waals surface area contributed by atoms with Crippen LogP contribution in [0.3, 0.4) is 0 Å². The molecule has 0 unspecified atom stereocenters. The van der Waals surface area contributed by atoms with Gasteiger partial charge in [0.25, 0.3) is 0 Å². The lowest BCUT2D eigenvalue weighted by Gasteiger charge is -2.33. The predicted octanol–water partition coefficient (Wildman–Crippen LogP) is 1.59. The highest BCUT2D eigenvalue weighted by molar-refractivity contribution is 14.1. The van der Waals surface area contributed by atoms with Crippen LogP contribution in [-0.2, 0) is 9.59 Å². The van der Waals surface area contributed by atoms with Crippen molar-refractivity contribution in [2.45, 2.75) is 6.92 Å². The lowest BCUT2D eigenvalue weighted by Crippen LogP contribution is -2.49. The summed E-state index contributed by atoms with van der Waals surface area (Å²) < 4.78 is 6.14. The van der Waals surface area contributed by atoms with Gasteiger partial charge in [-0.2, -0.15) is 0 Å². The Kier molecular flexibility index (Phi) is 4.62. The van der Waals surface area contributed by atoms with Crippen molar-refractivity contribution in [3.05, 3.63) is 27.7 Å². The summed E-state index contributed by atoms with van der Waals surface area (Å²) in [6.07, 6.45) is 3.18. The van der Waals surface area contributed by atoms with E-state index in [-0.39, 0.29) is 11.8 Å². The second-order valence-corrected chi connectivity index (χ2v) is 5.37. The average molecular weight is 374 g/mol. The zero-order valence-corrected chi connectivity index (χ0v) is 12.8. The number of carbonyl (C=O) groups excluding carboxylic acids is 2. The number of rotatable bonds is 2. The van der Waals surface area contributed by atoms with Crippen molar-refractivity contribution in [2.75, 3.05) is 26.2 Å². The number of amides is 2. The molecule has 1 aromatic rings. The van der Waals surface area contributed by atoms with Crippen LogP contribution >= 0.6 is 22.6 Å². The smallest absolute Gasteiger partial charge is 0.246 e. The quantitative estimate of drug-likeness (QED) is 0.584. The van der Waals surface area contributed by atoms with Crippen LogP contribution in [0.4, 0.5) is 0 Å². The number of piperazine rings is 1. The minimum atomic E-state index is -0.0467. The first-order valence-electron chi connectivity index (χ1n) is 6.04. The van der Waals surface area contributed by atoms with Crippen molar-refractivity contribution >= 4 is 40.5 Å². The summed E-state index contributed by atoms with van der Waals surface area (Å²) in [4.78, 5) is 26.6. The van der Waals surface area contributed by atoms with Crippen LogP contribution < -0.4 is 0 Å². The van der Waals surface area contributed by atoms with Gasteiger partial charge in [-0.15, -0.1) is 0 Å². The maximum Gasteiger partial charge on any atom is 0.246 e. The molecule has 2 amide bonds. The van der Waals surface area contributed by atoms with Gasteiger partial charge < -0.3 is 14.2 Å². The summed E-state index contributed by atoms with van der Waals surface area (Å²) in [5, 5.41) is 0. The molecule has 0 aromatic carbocycles. The highest BCUT2D eigenvalue weighted by atomic mass is 127. The van der Waals surface area contributed by atoms with E-state index in [0.29, 0.717) is 31.9 Å². The molecular formula is C13H15IN2O3. The van der Waals surface area contributed by atoms with Gasteiger partial charge >= 0.3 is 0 Å². The van der Waals surface area contributed by atoms with Crippen LogP contribution in [0.5, 0.6) is 0 Å². The maximum atomic E-state index is 11.9. The molecule has 1 fully saturated rings. The van der Waals surface area contributed by atoms with Crippen molar-refractivity contribution in [1.29, 1.82) is 0 Å². The molecule has 1 saturated heterocycles. The van der Waals surface area contributed by atoms with Crippen LogP contribution in [0.15, 0.2) is 22.6 Å². The first-order valence-corrected chi connectivity index (χ1v) is 7.12.